The van der Waals surface area contributed by atoms with E-state index in [1.165, 1.54) is 5.69 Å². The van der Waals surface area contributed by atoms with Gasteiger partial charge in [0.05, 0.1) is 28.5 Å². The highest BCUT2D eigenvalue weighted by Gasteiger charge is 2.08. The first-order valence-corrected chi connectivity index (χ1v) is 11.3. The number of benzene rings is 1. The zero-order chi connectivity index (χ0) is 22.2. The second-order valence-electron chi connectivity index (χ2n) is 7.19. The smallest absolute Gasteiger partial charge is 0.0863 e. The van der Waals surface area contributed by atoms with Crippen LogP contribution in [-0.4, -0.2) is 40.1 Å². The highest BCUT2D eigenvalue weighted by Crippen LogP contribution is 2.29. The van der Waals surface area contributed by atoms with Gasteiger partial charge in [0, 0.05) is 33.5 Å². The zero-order valence-electron chi connectivity index (χ0n) is 19.3. The van der Waals surface area contributed by atoms with E-state index in [4.69, 9.17) is 9.73 Å². The van der Waals surface area contributed by atoms with Gasteiger partial charge < -0.3 is 15.0 Å². The summed E-state index contributed by atoms with van der Waals surface area (Å²) >= 11 is 1.70. The van der Waals surface area contributed by atoms with Crippen LogP contribution < -0.4 is 10.2 Å². The molecule has 0 spiro atoms. The van der Waals surface area contributed by atoms with Gasteiger partial charge in [-0.3, -0.25) is 4.99 Å². The molecule has 1 heterocycles. The minimum absolute atomic E-state index is 0.617. The molecule has 4 nitrogen and oxygen atoms in total. The number of methoxy groups -OCH3 is 1. The lowest BCUT2D eigenvalue weighted by Gasteiger charge is -2.22. The number of nitrogens with one attached hydrogen (secondary N) is 1. The molecule has 164 valence electrons. The van der Waals surface area contributed by atoms with Crippen LogP contribution in [0.15, 0.2) is 65.0 Å². The lowest BCUT2D eigenvalue weighted by molar-refractivity contribution is 0.234. The van der Waals surface area contributed by atoms with Gasteiger partial charge in [0.15, 0.2) is 0 Å². The van der Waals surface area contributed by atoms with Crippen molar-refractivity contribution in [3.8, 4) is 0 Å². The van der Waals surface area contributed by atoms with Crippen molar-refractivity contribution in [2.24, 2.45) is 10.9 Å². The number of hydrogen-bond acceptors (Lipinski definition) is 5. The second kappa shape index (κ2) is 15.5. The van der Waals surface area contributed by atoms with E-state index in [9.17, 15) is 0 Å². The molecule has 0 saturated carbocycles. The van der Waals surface area contributed by atoms with E-state index in [-0.39, 0.29) is 0 Å². The number of ether oxygens (including phenoxy) is 1. The molecule has 0 atom stereocenters. The number of hydrogen-bond donors (Lipinski definition) is 1. The standard InChI is InChI=1S/C20H27N3S.C5H10O/c1-5-6-12-21-18-11-13-24-20(18)14-22-17-9-7-8-10-19(17)23(4)15-16(2)3;1-3-4-5-6-2/h5-11,13-14,16,21H,12,15H2,1-4H3;3-4H,5H2,1-2H3/b6-5+,22-14?;4-3-. The summed E-state index contributed by atoms with van der Waals surface area (Å²) in [7, 11) is 3.81. The van der Waals surface area contributed by atoms with Crippen molar-refractivity contribution >= 4 is 34.6 Å². The molecule has 0 saturated heterocycles. The van der Waals surface area contributed by atoms with Crippen molar-refractivity contribution in [1.29, 1.82) is 0 Å². The number of allylic oxidation sites excluding steroid dienone is 2. The summed E-state index contributed by atoms with van der Waals surface area (Å²) < 4.78 is 4.70. The SMILES string of the molecule is C/C=C/CNc1ccsc1C=Nc1ccccc1N(C)CC(C)C.C/C=C\COC. The summed E-state index contributed by atoms with van der Waals surface area (Å²) in [6.45, 7) is 11.1. The highest BCUT2D eigenvalue weighted by molar-refractivity contribution is 7.12. The molecule has 1 N–H and O–H groups in total. The molecule has 0 aliphatic carbocycles. The number of thiophene rings is 1. The Kier molecular flexibility index (Phi) is 13.2. The molecular formula is C25H37N3OS. The van der Waals surface area contributed by atoms with E-state index >= 15 is 0 Å². The largest absolute Gasteiger partial charge is 0.381 e. The Bertz CT molecular complexity index is 793. The van der Waals surface area contributed by atoms with Crippen molar-refractivity contribution in [3.05, 3.63) is 64.9 Å². The molecule has 1 aromatic carbocycles. The average Bonchev–Trinajstić information content (AvgIpc) is 3.18. The summed E-state index contributed by atoms with van der Waals surface area (Å²) in [5.74, 6) is 0.617. The fourth-order valence-corrected chi connectivity index (χ4v) is 3.45. The molecule has 0 fully saturated rings. The first-order chi connectivity index (χ1) is 14.5. The van der Waals surface area contributed by atoms with Gasteiger partial charge in [-0.25, -0.2) is 0 Å². The molecule has 0 amide bonds. The highest BCUT2D eigenvalue weighted by atomic mass is 32.1. The molecule has 0 aliphatic heterocycles. The van der Waals surface area contributed by atoms with E-state index in [2.05, 4.69) is 66.8 Å². The summed E-state index contributed by atoms with van der Waals surface area (Å²) in [5.41, 5.74) is 3.31. The van der Waals surface area contributed by atoms with E-state index in [0.717, 1.165) is 35.9 Å². The van der Waals surface area contributed by atoms with Crippen LogP contribution in [-0.2, 0) is 4.74 Å². The van der Waals surface area contributed by atoms with Gasteiger partial charge >= 0.3 is 0 Å². The Hall–Kier alpha value is -2.37. The van der Waals surface area contributed by atoms with Gasteiger partial charge in [0.1, 0.15) is 0 Å². The monoisotopic (exact) mass is 427 g/mol. The summed E-state index contributed by atoms with van der Waals surface area (Å²) in [4.78, 5) is 8.18. The molecule has 0 bridgehead atoms. The van der Waals surface area contributed by atoms with Gasteiger partial charge in [-0.05, 0) is 43.3 Å². The summed E-state index contributed by atoms with van der Waals surface area (Å²) in [6, 6.07) is 10.4. The van der Waals surface area contributed by atoms with Crippen LogP contribution in [0.3, 0.4) is 0 Å². The zero-order valence-corrected chi connectivity index (χ0v) is 20.1. The Morgan fingerprint density at radius 2 is 1.87 bits per heavy atom. The number of aliphatic imine (C=N–C) groups is 1. The fraction of sp³-hybridized carbons (Fsp3) is 0.400. The van der Waals surface area contributed by atoms with Gasteiger partial charge in [-0.2, -0.15) is 0 Å². The molecule has 2 aromatic rings. The van der Waals surface area contributed by atoms with Crippen molar-refractivity contribution in [3.63, 3.8) is 0 Å². The molecule has 5 heteroatoms. The Morgan fingerprint density at radius 3 is 2.50 bits per heavy atom. The molecule has 0 aliphatic rings. The van der Waals surface area contributed by atoms with Crippen LogP contribution >= 0.6 is 11.3 Å². The minimum atomic E-state index is 0.617. The minimum Gasteiger partial charge on any atom is -0.381 e. The maximum Gasteiger partial charge on any atom is 0.0863 e. The van der Waals surface area contributed by atoms with Crippen LogP contribution in [0.2, 0.25) is 0 Å². The summed E-state index contributed by atoms with van der Waals surface area (Å²) in [5, 5.41) is 5.51. The van der Waals surface area contributed by atoms with Crippen LogP contribution in [0.1, 0.15) is 32.6 Å². The Morgan fingerprint density at radius 1 is 1.13 bits per heavy atom. The van der Waals surface area contributed by atoms with Crippen LogP contribution in [0.5, 0.6) is 0 Å². The van der Waals surface area contributed by atoms with E-state index in [1.807, 2.05) is 44.4 Å². The third kappa shape index (κ3) is 9.90. The molecule has 30 heavy (non-hydrogen) atoms. The van der Waals surface area contributed by atoms with Crippen LogP contribution in [0.4, 0.5) is 17.1 Å². The number of anilines is 2. The topological polar surface area (TPSA) is 36.9 Å². The van der Waals surface area contributed by atoms with Crippen molar-refractivity contribution in [1.82, 2.24) is 0 Å². The van der Waals surface area contributed by atoms with Crippen molar-refractivity contribution in [2.45, 2.75) is 27.7 Å². The quantitative estimate of drug-likeness (QED) is 0.335. The van der Waals surface area contributed by atoms with Crippen molar-refractivity contribution in [2.75, 3.05) is 44.1 Å². The molecule has 0 unspecified atom stereocenters. The van der Waals surface area contributed by atoms with E-state index < -0.39 is 0 Å². The summed E-state index contributed by atoms with van der Waals surface area (Å²) in [6.07, 6.45) is 10.0. The van der Waals surface area contributed by atoms with Crippen LogP contribution in [0, 0.1) is 5.92 Å². The molecule has 2 rings (SSSR count). The molecule has 0 radical (unpaired) electrons. The average molecular weight is 428 g/mol. The van der Waals surface area contributed by atoms with Crippen molar-refractivity contribution < 1.29 is 4.74 Å². The normalized spacial score (nSPS) is 11.4. The predicted octanol–water partition coefficient (Wildman–Crippen LogP) is 6.79. The van der Waals surface area contributed by atoms with Gasteiger partial charge in [-0.1, -0.05) is 50.3 Å². The molecule has 1 aromatic heterocycles. The third-order valence-corrected chi connectivity index (χ3v) is 4.94. The van der Waals surface area contributed by atoms with Crippen LogP contribution in [0.25, 0.3) is 0 Å². The lowest BCUT2D eigenvalue weighted by atomic mass is 10.2. The van der Waals surface area contributed by atoms with Gasteiger partial charge in [0.2, 0.25) is 0 Å². The van der Waals surface area contributed by atoms with Gasteiger partial charge in [-0.15, -0.1) is 11.3 Å². The van der Waals surface area contributed by atoms with E-state index in [1.54, 1.807) is 18.4 Å². The maximum atomic E-state index is 4.75. The maximum absolute atomic E-state index is 4.75. The lowest BCUT2D eigenvalue weighted by Crippen LogP contribution is -2.22. The second-order valence-corrected chi connectivity index (χ2v) is 8.14. The van der Waals surface area contributed by atoms with E-state index in [0.29, 0.717) is 5.92 Å². The predicted molar refractivity (Wildman–Crippen MR) is 136 cm³/mol. The number of rotatable bonds is 10. The molecular weight excluding hydrogens is 390 g/mol. The first-order valence-electron chi connectivity index (χ1n) is 10.4. The Labute approximate surface area is 187 Å². The fourth-order valence-electron chi connectivity index (χ4n) is 2.72. The first kappa shape index (κ1) is 25.7. The number of nitrogens with zero attached hydrogens (tertiary/aromatic N) is 2. The van der Waals surface area contributed by atoms with Gasteiger partial charge in [0.25, 0.3) is 0 Å². The third-order valence-electron chi connectivity index (χ3n) is 4.09. The Balaban J connectivity index is 0.000000656. The number of para-hydroxylation sites is 2.